The predicted octanol–water partition coefficient (Wildman–Crippen LogP) is 5.04. The number of nitrogens with zero attached hydrogens (tertiary/aromatic N) is 4. The van der Waals surface area contributed by atoms with Crippen molar-refractivity contribution in [1.29, 1.82) is 0 Å². The molecule has 0 unspecified atom stereocenters. The summed E-state index contributed by atoms with van der Waals surface area (Å²) >= 11 is 0. The van der Waals surface area contributed by atoms with E-state index >= 15 is 0 Å². The van der Waals surface area contributed by atoms with E-state index in [1.165, 1.54) is 11.1 Å². The fourth-order valence-corrected chi connectivity index (χ4v) is 3.60. The van der Waals surface area contributed by atoms with Gasteiger partial charge in [0.05, 0.1) is 11.0 Å². The van der Waals surface area contributed by atoms with Crippen LogP contribution in [-0.4, -0.2) is 19.6 Å². The molecule has 2 heterocycles. The Labute approximate surface area is 163 Å². The molecular weight excluding hydrogens is 344 g/mol. The lowest BCUT2D eigenvalue weighted by Crippen LogP contribution is -2.02. The van der Waals surface area contributed by atoms with Gasteiger partial charge in [0.1, 0.15) is 11.5 Å². The highest BCUT2D eigenvalue weighted by atomic mass is 15.3. The van der Waals surface area contributed by atoms with Crippen LogP contribution in [-0.2, 0) is 12.8 Å². The maximum atomic E-state index is 4.89. The van der Waals surface area contributed by atoms with Crippen LogP contribution in [0.3, 0.4) is 0 Å². The number of aryl methyl sites for hydroxylation is 3. The average Bonchev–Trinajstić information content (AvgIpc) is 3.18. The zero-order valence-electron chi connectivity index (χ0n) is 15.7. The topological polar surface area (TPSA) is 43.1 Å². The van der Waals surface area contributed by atoms with E-state index in [0.29, 0.717) is 0 Å². The van der Waals surface area contributed by atoms with E-state index in [-0.39, 0.29) is 0 Å². The van der Waals surface area contributed by atoms with Crippen LogP contribution in [0.5, 0.6) is 0 Å². The Kier molecular flexibility index (Phi) is 4.09. The van der Waals surface area contributed by atoms with Gasteiger partial charge in [-0.25, -0.2) is 4.98 Å². The maximum Gasteiger partial charge on any atom is 0.187 e. The van der Waals surface area contributed by atoms with Gasteiger partial charge in [0.25, 0.3) is 0 Å². The molecule has 0 aliphatic rings. The van der Waals surface area contributed by atoms with E-state index < -0.39 is 0 Å². The quantitative estimate of drug-likeness (QED) is 0.449. The van der Waals surface area contributed by atoms with Gasteiger partial charge in [-0.15, -0.1) is 10.2 Å². The molecule has 4 nitrogen and oxygen atoms in total. The van der Waals surface area contributed by atoms with E-state index in [4.69, 9.17) is 4.98 Å². The highest BCUT2D eigenvalue weighted by molar-refractivity contribution is 5.85. The third kappa shape index (κ3) is 2.93. The Morgan fingerprint density at radius 1 is 0.750 bits per heavy atom. The van der Waals surface area contributed by atoms with Crippen molar-refractivity contribution in [3.8, 4) is 11.3 Å². The molecule has 0 fully saturated rings. The van der Waals surface area contributed by atoms with Crippen molar-refractivity contribution in [2.75, 3.05) is 0 Å². The fourth-order valence-electron chi connectivity index (χ4n) is 3.60. The Balaban J connectivity index is 1.64. The van der Waals surface area contributed by atoms with E-state index in [2.05, 4.69) is 64.0 Å². The van der Waals surface area contributed by atoms with E-state index in [1.807, 2.05) is 36.4 Å². The van der Waals surface area contributed by atoms with Gasteiger partial charge in [0, 0.05) is 12.0 Å². The second-order valence-electron chi connectivity index (χ2n) is 7.08. The third-order valence-corrected chi connectivity index (χ3v) is 5.10. The van der Waals surface area contributed by atoms with E-state index in [0.717, 1.165) is 46.6 Å². The highest BCUT2D eigenvalue weighted by Gasteiger charge is 2.16. The van der Waals surface area contributed by atoms with Crippen LogP contribution >= 0.6 is 0 Å². The zero-order valence-corrected chi connectivity index (χ0v) is 15.7. The number of rotatable bonds is 4. The second kappa shape index (κ2) is 6.89. The minimum atomic E-state index is 0.809. The molecule has 3 aromatic carbocycles. The molecule has 2 aromatic heterocycles. The van der Waals surface area contributed by atoms with Gasteiger partial charge in [-0.2, -0.15) is 0 Å². The number of benzene rings is 3. The molecule has 5 rings (SSSR count). The molecule has 0 radical (unpaired) electrons. The molecule has 0 bridgehead atoms. The summed E-state index contributed by atoms with van der Waals surface area (Å²) in [6.07, 6.45) is 1.75. The number of para-hydroxylation sites is 2. The highest BCUT2D eigenvalue weighted by Crippen LogP contribution is 2.26. The summed E-state index contributed by atoms with van der Waals surface area (Å²) < 4.78 is 2.17. The number of aromatic nitrogens is 4. The molecule has 5 aromatic rings. The Morgan fingerprint density at radius 3 is 2.32 bits per heavy atom. The lowest BCUT2D eigenvalue weighted by atomic mass is 10.1. The first-order valence-corrected chi connectivity index (χ1v) is 9.53. The minimum Gasteiger partial charge on any atom is -0.275 e. The normalized spacial score (nSPS) is 11.3. The lowest BCUT2D eigenvalue weighted by Gasteiger charge is -2.09. The summed E-state index contributed by atoms with van der Waals surface area (Å²) in [4.78, 5) is 4.89. The summed E-state index contributed by atoms with van der Waals surface area (Å²) in [7, 11) is 0. The summed E-state index contributed by atoms with van der Waals surface area (Å²) in [5, 5.41) is 9.06. The molecule has 0 saturated carbocycles. The lowest BCUT2D eigenvalue weighted by molar-refractivity contribution is 0.847. The predicted molar refractivity (Wildman–Crippen MR) is 112 cm³/mol. The molecule has 0 amide bonds. The SMILES string of the molecule is Cc1ccc(CCc2nnc3c(-c4ccccc4)nc4ccccc4n23)cc1. The molecule has 0 spiro atoms. The molecule has 4 heteroatoms. The standard InChI is InChI=1S/C24H20N4/c1-17-11-13-18(14-12-17)15-16-22-26-27-24-23(19-7-3-2-4-8-19)25-20-9-5-6-10-21(20)28(22)24/h2-14H,15-16H2,1H3. The second-order valence-corrected chi connectivity index (χ2v) is 7.08. The van der Waals surface area contributed by atoms with Crippen LogP contribution in [0.4, 0.5) is 0 Å². The van der Waals surface area contributed by atoms with Gasteiger partial charge >= 0.3 is 0 Å². The van der Waals surface area contributed by atoms with Crippen molar-refractivity contribution < 1.29 is 0 Å². The van der Waals surface area contributed by atoms with Crippen LogP contribution in [0.1, 0.15) is 17.0 Å². The molecule has 0 saturated heterocycles. The average molecular weight is 364 g/mol. The smallest absolute Gasteiger partial charge is 0.187 e. The maximum absolute atomic E-state index is 4.89. The fraction of sp³-hybridized carbons (Fsp3) is 0.125. The van der Waals surface area contributed by atoms with E-state index in [9.17, 15) is 0 Å². The first-order chi connectivity index (χ1) is 13.8. The van der Waals surface area contributed by atoms with E-state index in [1.54, 1.807) is 0 Å². The Morgan fingerprint density at radius 2 is 1.50 bits per heavy atom. The molecule has 28 heavy (non-hydrogen) atoms. The Bertz CT molecular complexity index is 1250. The van der Waals surface area contributed by atoms with Gasteiger partial charge in [-0.3, -0.25) is 4.40 Å². The van der Waals surface area contributed by atoms with Crippen molar-refractivity contribution in [2.45, 2.75) is 19.8 Å². The van der Waals surface area contributed by atoms with Crippen molar-refractivity contribution in [3.63, 3.8) is 0 Å². The van der Waals surface area contributed by atoms with Crippen LogP contribution in [0, 0.1) is 6.92 Å². The third-order valence-electron chi connectivity index (χ3n) is 5.10. The Hall–Kier alpha value is -3.53. The van der Waals surface area contributed by atoms with Crippen LogP contribution < -0.4 is 0 Å². The molecule has 136 valence electrons. The molecule has 0 atom stereocenters. The van der Waals surface area contributed by atoms with Gasteiger partial charge in [-0.05, 0) is 31.0 Å². The first kappa shape index (κ1) is 16.6. The summed E-state index contributed by atoms with van der Waals surface area (Å²) in [6, 6.07) is 27.1. The largest absolute Gasteiger partial charge is 0.275 e. The van der Waals surface area contributed by atoms with Crippen molar-refractivity contribution in [2.24, 2.45) is 0 Å². The molecular formula is C24H20N4. The molecule has 0 N–H and O–H groups in total. The first-order valence-electron chi connectivity index (χ1n) is 9.53. The van der Waals surface area contributed by atoms with Crippen molar-refractivity contribution in [1.82, 2.24) is 19.6 Å². The zero-order chi connectivity index (χ0) is 18.9. The minimum absolute atomic E-state index is 0.809. The van der Waals surface area contributed by atoms with Gasteiger partial charge in [0.15, 0.2) is 5.65 Å². The summed E-state index contributed by atoms with van der Waals surface area (Å²) in [6.45, 7) is 2.11. The number of hydrogen-bond acceptors (Lipinski definition) is 3. The molecule has 0 aliphatic carbocycles. The van der Waals surface area contributed by atoms with Gasteiger partial charge in [0.2, 0.25) is 0 Å². The summed E-state index contributed by atoms with van der Waals surface area (Å²) in [5.41, 5.74) is 7.31. The number of hydrogen-bond donors (Lipinski definition) is 0. The van der Waals surface area contributed by atoms with Gasteiger partial charge < -0.3 is 0 Å². The van der Waals surface area contributed by atoms with Gasteiger partial charge in [-0.1, -0.05) is 72.3 Å². The summed E-state index contributed by atoms with van der Waals surface area (Å²) in [5.74, 6) is 0.964. The molecule has 0 aliphatic heterocycles. The number of fused-ring (bicyclic) bond motifs is 3. The van der Waals surface area contributed by atoms with Crippen LogP contribution in [0.15, 0.2) is 78.9 Å². The van der Waals surface area contributed by atoms with Crippen LogP contribution in [0.2, 0.25) is 0 Å². The van der Waals surface area contributed by atoms with Crippen molar-refractivity contribution in [3.05, 3.63) is 95.8 Å². The van der Waals surface area contributed by atoms with Crippen LogP contribution in [0.25, 0.3) is 27.9 Å². The monoisotopic (exact) mass is 364 g/mol. The van der Waals surface area contributed by atoms with Crippen molar-refractivity contribution >= 4 is 16.7 Å².